The molecule has 2 aromatic carbocycles. The van der Waals surface area contributed by atoms with Gasteiger partial charge in [-0.15, -0.1) is 0 Å². The van der Waals surface area contributed by atoms with E-state index in [1.165, 1.54) is 11.8 Å². The zero-order chi connectivity index (χ0) is 18.5. The summed E-state index contributed by atoms with van der Waals surface area (Å²) in [6.45, 7) is 0. The van der Waals surface area contributed by atoms with E-state index in [4.69, 9.17) is 4.74 Å². The summed E-state index contributed by atoms with van der Waals surface area (Å²) in [5.74, 6) is 0.675. The molecule has 0 spiro atoms. The average Bonchev–Trinajstić information content (AvgIpc) is 2.66. The summed E-state index contributed by atoms with van der Waals surface area (Å²) in [4.78, 5) is 16.7. The molecule has 0 fully saturated rings. The fourth-order valence-corrected chi connectivity index (χ4v) is 3.48. The number of anilines is 1. The summed E-state index contributed by atoms with van der Waals surface area (Å²) in [5, 5.41) is 13.6. The van der Waals surface area contributed by atoms with Crippen LogP contribution in [0.25, 0.3) is 10.9 Å². The lowest BCUT2D eigenvalue weighted by Gasteiger charge is -2.08. The number of ether oxygens (including phenoxy) is 1. The third-order valence-electron chi connectivity index (χ3n) is 3.60. The van der Waals surface area contributed by atoms with Crippen molar-refractivity contribution in [2.45, 2.75) is 5.03 Å². The highest BCUT2D eigenvalue weighted by Gasteiger charge is 2.12. The molecule has 0 saturated heterocycles. The maximum absolute atomic E-state index is 12.2. The number of methoxy groups -OCH3 is 1. The van der Waals surface area contributed by atoms with Gasteiger partial charge in [-0.05, 0) is 46.3 Å². The minimum atomic E-state index is -0.168. The third-order valence-corrected chi connectivity index (χ3v) is 5.28. The van der Waals surface area contributed by atoms with E-state index < -0.39 is 0 Å². The Kier molecular flexibility index (Phi) is 5.76. The first-order valence-corrected chi connectivity index (χ1v) is 9.44. The molecule has 26 heavy (non-hydrogen) atoms. The Morgan fingerprint density at radius 3 is 2.85 bits per heavy atom. The minimum Gasteiger partial charge on any atom is -0.497 e. The Bertz CT molecular complexity index is 1020. The van der Waals surface area contributed by atoms with Crippen molar-refractivity contribution >= 4 is 50.2 Å². The molecular weight excluding hydrogens is 414 g/mol. The molecule has 0 unspecified atom stereocenters. The van der Waals surface area contributed by atoms with Gasteiger partial charge in [0.2, 0.25) is 5.91 Å². The van der Waals surface area contributed by atoms with Crippen LogP contribution in [-0.2, 0) is 4.79 Å². The number of hydrogen-bond donors (Lipinski definition) is 1. The second kappa shape index (κ2) is 8.21. The van der Waals surface area contributed by atoms with Crippen LogP contribution < -0.4 is 10.1 Å². The number of nitrogens with one attached hydrogen (secondary N) is 1. The highest BCUT2D eigenvalue weighted by atomic mass is 79.9. The largest absolute Gasteiger partial charge is 0.497 e. The number of carbonyl (C=O) groups is 1. The fraction of sp³-hybridized carbons (Fsp3) is 0.105. The zero-order valence-corrected chi connectivity index (χ0v) is 16.2. The van der Waals surface area contributed by atoms with E-state index in [2.05, 4.69) is 32.3 Å². The SMILES string of the molecule is COc1ccc2cc(C#N)c(SCC(=O)Nc3ccccc3Br)nc2c1. The molecule has 0 atom stereocenters. The summed E-state index contributed by atoms with van der Waals surface area (Å²) < 4.78 is 6.03. The number of aromatic nitrogens is 1. The van der Waals surface area contributed by atoms with E-state index in [-0.39, 0.29) is 11.7 Å². The maximum Gasteiger partial charge on any atom is 0.234 e. The van der Waals surface area contributed by atoms with Crippen LogP contribution in [0.5, 0.6) is 5.75 Å². The van der Waals surface area contributed by atoms with Gasteiger partial charge >= 0.3 is 0 Å². The van der Waals surface area contributed by atoms with Gasteiger partial charge in [-0.25, -0.2) is 4.98 Å². The van der Waals surface area contributed by atoms with Gasteiger partial charge in [0.05, 0.1) is 29.6 Å². The van der Waals surface area contributed by atoms with Gasteiger partial charge in [0.25, 0.3) is 0 Å². The van der Waals surface area contributed by atoms with Gasteiger partial charge in [-0.1, -0.05) is 23.9 Å². The number of benzene rings is 2. The van der Waals surface area contributed by atoms with Gasteiger partial charge in [0, 0.05) is 15.9 Å². The molecule has 5 nitrogen and oxygen atoms in total. The van der Waals surface area contributed by atoms with Gasteiger partial charge in [0.15, 0.2) is 0 Å². The van der Waals surface area contributed by atoms with Gasteiger partial charge in [0.1, 0.15) is 16.8 Å². The number of rotatable bonds is 5. The Labute approximate surface area is 163 Å². The lowest BCUT2D eigenvalue weighted by Crippen LogP contribution is -2.14. The lowest BCUT2D eigenvalue weighted by molar-refractivity contribution is -0.113. The highest BCUT2D eigenvalue weighted by Crippen LogP contribution is 2.27. The third kappa shape index (κ3) is 4.15. The van der Waals surface area contributed by atoms with Crippen molar-refractivity contribution in [3.63, 3.8) is 0 Å². The van der Waals surface area contributed by atoms with Crippen molar-refractivity contribution in [1.29, 1.82) is 5.26 Å². The zero-order valence-electron chi connectivity index (χ0n) is 13.8. The number of nitrogens with zero attached hydrogens (tertiary/aromatic N) is 2. The number of halogens is 1. The molecule has 130 valence electrons. The molecule has 0 aliphatic heterocycles. The highest BCUT2D eigenvalue weighted by molar-refractivity contribution is 9.10. The quantitative estimate of drug-likeness (QED) is 0.601. The Hall–Kier alpha value is -2.56. The molecule has 0 aliphatic carbocycles. The molecule has 7 heteroatoms. The second-order valence-corrected chi connectivity index (χ2v) is 7.15. The summed E-state index contributed by atoms with van der Waals surface area (Å²) in [6.07, 6.45) is 0. The first-order valence-electron chi connectivity index (χ1n) is 7.67. The van der Waals surface area contributed by atoms with Crippen LogP contribution in [0.1, 0.15) is 5.56 Å². The number of pyridine rings is 1. The number of amides is 1. The van der Waals surface area contributed by atoms with Crippen LogP contribution in [0.2, 0.25) is 0 Å². The van der Waals surface area contributed by atoms with Gasteiger partial charge in [-0.3, -0.25) is 4.79 Å². The summed E-state index contributed by atoms with van der Waals surface area (Å²) >= 11 is 4.63. The Balaban J connectivity index is 1.78. The molecule has 0 radical (unpaired) electrons. The van der Waals surface area contributed by atoms with Crippen LogP contribution in [0, 0.1) is 11.3 Å². The predicted octanol–water partition coefficient (Wildman–Crippen LogP) is 4.61. The summed E-state index contributed by atoms with van der Waals surface area (Å²) in [7, 11) is 1.59. The molecule has 1 amide bonds. The number of nitriles is 1. The van der Waals surface area contributed by atoms with Crippen LogP contribution in [0.4, 0.5) is 5.69 Å². The van der Waals surface area contributed by atoms with Crippen molar-refractivity contribution < 1.29 is 9.53 Å². The monoisotopic (exact) mass is 427 g/mol. The summed E-state index contributed by atoms with van der Waals surface area (Å²) in [5.41, 5.74) is 1.87. The Morgan fingerprint density at radius 2 is 2.12 bits per heavy atom. The van der Waals surface area contributed by atoms with Crippen molar-refractivity contribution in [2.75, 3.05) is 18.2 Å². The molecule has 1 heterocycles. The van der Waals surface area contributed by atoms with E-state index in [1.807, 2.05) is 42.5 Å². The average molecular weight is 428 g/mol. The predicted molar refractivity (Wildman–Crippen MR) is 107 cm³/mol. The molecule has 0 bridgehead atoms. The maximum atomic E-state index is 12.2. The number of hydrogen-bond acceptors (Lipinski definition) is 5. The van der Waals surface area contributed by atoms with E-state index in [1.54, 1.807) is 13.2 Å². The van der Waals surface area contributed by atoms with E-state index >= 15 is 0 Å². The number of fused-ring (bicyclic) bond motifs is 1. The van der Waals surface area contributed by atoms with E-state index in [0.717, 1.165) is 15.4 Å². The molecule has 0 saturated carbocycles. The lowest BCUT2D eigenvalue weighted by atomic mass is 10.1. The molecule has 1 N–H and O–H groups in total. The second-order valence-electron chi connectivity index (χ2n) is 5.33. The first-order chi connectivity index (χ1) is 12.6. The number of para-hydroxylation sites is 1. The van der Waals surface area contributed by atoms with Gasteiger partial charge in [-0.2, -0.15) is 5.26 Å². The van der Waals surface area contributed by atoms with Crippen molar-refractivity contribution in [3.8, 4) is 11.8 Å². The normalized spacial score (nSPS) is 10.3. The number of carbonyl (C=O) groups excluding carboxylic acids is 1. The van der Waals surface area contributed by atoms with Crippen LogP contribution in [0.15, 0.2) is 58.0 Å². The molecule has 1 aromatic heterocycles. The van der Waals surface area contributed by atoms with Crippen molar-refractivity contribution in [2.24, 2.45) is 0 Å². The number of thioether (sulfide) groups is 1. The molecule has 3 aromatic rings. The standard InChI is InChI=1S/C19H14BrN3O2S/c1-25-14-7-6-12-8-13(10-21)19(23-17(12)9-14)26-11-18(24)22-16-5-3-2-4-15(16)20/h2-9H,11H2,1H3,(H,22,24). The topological polar surface area (TPSA) is 75.0 Å². The van der Waals surface area contributed by atoms with Crippen LogP contribution in [0.3, 0.4) is 0 Å². The van der Waals surface area contributed by atoms with Crippen LogP contribution in [-0.4, -0.2) is 23.8 Å². The Morgan fingerprint density at radius 1 is 1.31 bits per heavy atom. The van der Waals surface area contributed by atoms with E-state index in [0.29, 0.717) is 22.0 Å². The fourth-order valence-electron chi connectivity index (χ4n) is 2.33. The molecule has 3 rings (SSSR count). The van der Waals surface area contributed by atoms with Gasteiger partial charge < -0.3 is 10.1 Å². The van der Waals surface area contributed by atoms with Crippen molar-refractivity contribution in [3.05, 3.63) is 58.6 Å². The van der Waals surface area contributed by atoms with E-state index in [9.17, 15) is 10.1 Å². The molecule has 0 aliphatic rings. The summed E-state index contributed by atoms with van der Waals surface area (Å²) in [6, 6.07) is 16.8. The van der Waals surface area contributed by atoms with Crippen LogP contribution >= 0.6 is 27.7 Å². The first kappa shape index (κ1) is 18.2. The smallest absolute Gasteiger partial charge is 0.234 e. The van der Waals surface area contributed by atoms with Crippen molar-refractivity contribution in [1.82, 2.24) is 4.98 Å². The molecular formula is C19H14BrN3O2S. The minimum absolute atomic E-state index is 0.151.